The molecule has 2 unspecified atom stereocenters. The highest BCUT2D eigenvalue weighted by Crippen LogP contribution is 2.41. The lowest BCUT2D eigenvalue weighted by Gasteiger charge is -2.37. The van der Waals surface area contributed by atoms with Crippen molar-refractivity contribution in [2.24, 2.45) is 5.92 Å². The van der Waals surface area contributed by atoms with Crippen molar-refractivity contribution in [3.8, 4) is 6.01 Å². The number of hydrogen-bond donors (Lipinski definition) is 0. The Hall–Kier alpha value is -1.79. The second kappa shape index (κ2) is 9.44. The van der Waals surface area contributed by atoms with Gasteiger partial charge in [-0.15, -0.1) is 0 Å². The second-order valence-corrected chi connectivity index (χ2v) is 14.2. The smallest absolute Gasteiger partial charge is 0.410 e. The Bertz CT molecular complexity index is 1190. The summed E-state index contributed by atoms with van der Waals surface area (Å²) in [6, 6.07) is 0.346. The van der Waals surface area contributed by atoms with E-state index in [0.717, 1.165) is 58.9 Å². The first-order valence-corrected chi connectivity index (χ1v) is 14.8. The van der Waals surface area contributed by atoms with Crippen LogP contribution in [0.4, 0.5) is 15.0 Å². The van der Waals surface area contributed by atoms with Gasteiger partial charge in [0.2, 0.25) is 0 Å². The third-order valence-electron chi connectivity index (χ3n) is 8.07. The monoisotopic (exact) mass is 596 g/mol. The van der Waals surface area contributed by atoms with E-state index in [-0.39, 0.29) is 17.7 Å². The predicted octanol–water partition coefficient (Wildman–Crippen LogP) is 4.64. The molecule has 0 aliphatic carbocycles. The molecule has 5 aliphatic heterocycles. The molecule has 2 bridgehead atoms. The zero-order valence-corrected chi connectivity index (χ0v) is 24.0. The molecule has 0 spiro atoms. The molecule has 2 aromatic rings. The fourth-order valence-electron chi connectivity index (χ4n) is 6.50. The summed E-state index contributed by atoms with van der Waals surface area (Å²) in [5, 5.41) is 0. The van der Waals surface area contributed by atoms with Crippen LogP contribution >= 0.6 is 27.3 Å². The van der Waals surface area contributed by atoms with Gasteiger partial charge in [-0.1, -0.05) is 11.3 Å². The summed E-state index contributed by atoms with van der Waals surface area (Å²) in [4.78, 5) is 34.3. The van der Waals surface area contributed by atoms with Crippen molar-refractivity contribution in [3.05, 3.63) is 3.92 Å². The average molecular weight is 598 g/mol. The van der Waals surface area contributed by atoms with Gasteiger partial charge in [-0.3, -0.25) is 4.90 Å². The van der Waals surface area contributed by atoms with Crippen molar-refractivity contribution >= 4 is 49.5 Å². The van der Waals surface area contributed by atoms with E-state index >= 15 is 0 Å². The maximum absolute atomic E-state index is 14.2. The molecular formula is C25H34BrFN6O3S. The van der Waals surface area contributed by atoms with Gasteiger partial charge in [-0.2, -0.15) is 9.97 Å². The maximum atomic E-state index is 14.2. The fraction of sp³-hybridized carbons (Fsp3) is 0.760. The molecule has 7 rings (SSSR count). The van der Waals surface area contributed by atoms with Crippen LogP contribution < -0.4 is 9.64 Å². The van der Waals surface area contributed by atoms with E-state index in [2.05, 4.69) is 35.7 Å². The van der Waals surface area contributed by atoms with Crippen molar-refractivity contribution < 1.29 is 18.7 Å². The molecular weight excluding hydrogens is 563 g/mol. The molecule has 37 heavy (non-hydrogen) atoms. The molecule has 5 saturated heterocycles. The van der Waals surface area contributed by atoms with E-state index in [9.17, 15) is 9.18 Å². The zero-order valence-electron chi connectivity index (χ0n) is 21.6. The number of amides is 1. The molecule has 1 amide bonds. The number of halogens is 2. The number of rotatable bonds is 4. The third kappa shape index (κ3) is 5.01. The second-order valence-electron chi connectivity index (χ2n) is 11.9. The molecule has 0 N–H and O–H groups in total. The van der Waals surface area contributed by atoms with Crippen LogP contribution in [0.25, 0.3) is 10.3 Å². The van der Waals surface area contributed by atoms with Crippen molar-refractivity contribution in [1.29, 1.82) is 0 Å². The molecule has 0 saturated carbocycles. The Kier molecular flexibility index (Phi) is 6.50. The van der Waals surface area contributed by atoms with Crippen LogP contribution in [-0.4, -0.2) is 93.5 Å². The van der Waals surface area contributed by atoms with Gasteiger partial charge in [0.15, 0.2) is 14.6 Å². The van der Waals surface area contributed by atoms with Gasteiger partial charge >= 0.3 is 12.1 Å². The molecule has 5 fully saturated rings. The zero-order chi connectivity index (χ0) is 25.9. The predicted molar refractivity (Wildman–Crippen MR) is 143 cm³/mol. The molecule has 12 heteroatoms. The summed E-state index contributed by atoms with van der Waals surface area (Å²) >= 11 is 4.96. The number of nitrogens with zero attached hydrogens (tertiary/aromatic N) is 6. The third-order valence-corrected chi connectivity index (χ3v) is 9.47. The number of carbonyl (C=O) groups is 1. The van der Waals surface area contributed by atoms with Crippen molar-refractivity contribution in [2.45, 2.75) is 76.2 Å². The summed E-state index contributed by atoms with van der Waals surface area (Å²) in [6.45, 7) is 9.59. The SMILES string of the molecule is CC(C)(C)OC(=O)N1CC2CCC1CN(c1nc(OC[C@@]34CCCN3C[C@H](F)C4)nc3sc(Br)nc13)C2. The standard InChI is InChI=1S/C25H34BrFN6O3S/c1-24(2,3)36-23(34)33-11-15-5-6-17(33)13-31(10-15)19-18-20(37-21(26)28-18)30-22(29-19)35-14-25-7-4-8-32(25)12-16(27)9-25/h15-17H,4-14H2,1-3H3/t15?,16-,17?,25+/m1/s1. The number of alkyl halides is 1. The number of carbonyl (C=O) groups excluding carboxylic acids is 1. The van der Waals surface area contributed by atoms with Gasteiger partial charge in [0.25, 0.3) is 0 Å². The van der Waals surface area contributed by atoms with Gasteiger partial charge in [0.1, 0.15) is 23.9 Å². The summed E-state index contributed by atoms with van der Waals surface area (Å²) in [6.07, 6.45) is 3.44. The van der Waals surface area contributed by atoms with E-state index in [1.54, 1.807) is 0 Å². The minimum atomic E-state index is -0.805. The topological polar surface area (TPSA) is 83.9 Å². The van der Waals surface area contributed by atoms with Crippen LogP contribution in [0.1, 0.15) is 52.9 Å². The molecule has 0 aromatic carbocycles. The molecule has 9 nitrogen and oxygen atoms in total. The highest BCUT2D eigenvalue weighted by atomic mass is 79.9. The van der Waals surface area contributed by atoms with Gasteiger partial charge in [0.05, 0.1) is 11.6 Å². The lowest BCUT2D eigenvalue weighted by Crippen LogP contribution is -2.49. The molecule has 0 radical (unpaired) electrons. The molecule has 7 heterocycles. The largest absolute Gasteiger partial charge is 0.461 e. The number of aromatic nitrogens is 3. The van der Waals surface area contributed by atoms with Crippen LogP contribution in [0.2, 0.25) is 0 Å². The van der Waals surface area contributed by atoms with Gasteiger partial charge in [0, 0.05) is 32.6 Å². The number of hydrogen-bond acceptors (Lipinski definition) is 9. The summed E-state index contributed by atoms with van der Waals surface area (Å²) in [5.74, 6) is 1.05. The molecule has 4 atom stereocenters. The van der Waals surface area contributed by atoms with Crippen molar-refractivity contribution in [3.63, 3.8) is 0 Å². The van der Waals surface area contributed by atoms with Crippen molar-refractivity contribution in [2.75, 3.05) is 44.2 Å². The van der Waals surface area contributed by atoms with Crippen LogP contribution in [-0.2, 0) is 4.74 Å². The number of thiazole rings is 1. The van der Waals surface area contributed by atoms with E-state index in [0.29, 0.717) is 44.6 Å². The van der Waals surface area contributed by atoms with Gasteiger partial charge in [-0.25, -0.2) is 14.2 Å². The lowest BCUT2D eigenvalue weighted by molar-refractivity contribution is 0.00809. The van der Waals surface area contributed by atoms with Crippen LogP contribution in [0.3, 0.4) is 0 Å². The summed E-state index contributed by atoms with van der Waals surface area (Å²) in [5.41, 5.74) is -0.0579. The number of fused-ring (bicyclic) bond motifs is 6. The van der Waals surface area contributed by atoms with E-state index in [4.69, 9.17) is 14.5 Å². The highest BCUT2D eigenvalue weighted by molar-refractivity contribution is 9.11. The first kappa shape index (κ1) is 25.5. The van der Waals surface area contributed by atoms with Gasteiger partial charge < -0.3 is 19.3 Å². The Labute approximate surface area is 228 Å². The number of anilines is 1. The first-order valence-electron chi connectivity index (χ1n) is 13.2. The first-order chi connectivity index (χ1) is 17.6. The molecule has 5 aliphatic rings. The Morgan fingerprint density at radius 3 is 2.84 bits per heavy atom. The van der Waals surface area contributed by atoms with E-state index in [1.165, 1.54) is 11.3 Å². The molecule has 202 valence electrons. The number of ether oxygens (including phenoxy) is 2. The van der Waals surface area contributed by atoms with Crippen molar-refractivity contribution in [1.82, 2.24) is 24.8 Å². The number of piperidine rings is 1. The highest BCUT2D eigenvalue weighted by Gasteiger charge is 2.49. The van der Waals surface area contributed by atoms with Crippen LogP contribution in [0.15, 0.2) is 3.92 Å². The summed E-state index contributed by atoms with van der Waals surface area (Å²) < 4.78 is 26.9. The quantitative estimate of drug-likeness (QED) is 0.505. The maximum Gasteiger partial charge on any atom is 0.410 e. The minimum Gasteiger partial charge on any atom is -0.461 e. The van der Waals surface area contributed by atoms with E-state index in [1.807, 2.05) is 25.7 Å². The molecule has 2 aromatic heterocycles. The van der Waals surface area contributed by atoms with Crippen LogP contribution in [0, 0.1) is 5.92 Å². The Balaban J connectivity index is 1.26. The van der Waals surface area contributed by atoms with E-state index < -0.39 is 11.8 Å². The van der Waals surface area contributed by atoms with Crippen LogP contribution in [0.5, 0.6) is 6.01 Å². The normalized spacial score (nSPS) is 30.1. The minimum absolute atomic E-state index is 0.0379. The Morgan fingerprint density at radius 1 is 1.19 bits per heavy atom. The fourth-order valence-corrected chi connectivity index (χ4v) is 7.79. The lowest BCUT2D eigenvalue weighted by atomic mass is 9.95. The Morgan fingerprint density at radius 2 is 2.03 bits per heavy atom. The summed E-state index contributed by atoms with van der Waals surface area (Å²) in [7, 11) is 0. The average Bonchev–Trinajstić information content (AvgIpc) is 3.36. The van der Waals surface area contributed by atoms with Gasteiger partial charge in [-0.05, 0) is 74.8 Å².